The second-order valence-corrected chi connectivity index (χ2v) is 6.41. The molecule has 0 aliphatic carbocycles. The van der Waals surface area contributed by atoms with Gasteiger partial charge >= 0.3 is 0 Å². The summed E-state index contributed by atoms with van der Waals surface area (Å²) in [6.07, 6.45) is 1.46. The molecule has 0 saturated carbocycles. The standard InChI is InChI=1S/C21H16ClN3O/c1-13-4-7-18(8-5-13)24-21(26)17(12-23)11-16-10-15-6-3-14(2)9-19(15)25-20(16)22/h3-11H,1-2H3,(H,24,26)/b17-11+. The number of fused-ring (bicyclic) bond motifs is 1. The summed E-state index contributed by atoms with van der Waals surface area (Å²) < 4.78 is 0. The lowest BCUT2D eigenvalue weighted by atomic mass is 10.1. The maximum Gasteiger partial charge on any atom is 0.266 e. The average molecular weight is 362 g/mol. The molecule has 3 aromatic rings. The smallest absolute Gasteiger partial charge is 0.266 e. The number of nitrogens with zero attached hydrogens (tertiary/aromatic N) is 2. The normalized spacial score (nSPS) is 11.2. The van der Waals surface area contributed by atoms with Crippen LogP contribution in [0.25, 0.3) is 17.0 Å². The number of aryl methyl sites for hydroxylation is 2. The molecule has 3 rings (SSSR count). The minimum Gasteiger partial charge on any atom is -0.321 e. The Morgan fingerprint density at radius 1 is 1.12 bits per heavy atom. The highest BCUT2D eigenvalue weighted by Gasteiger charge is 2.12. The number of benzene rings is 2. The van der Waals surface area contributed by atoms with Crippen molar-refractivity contribution in [1.29, 1.82) is 5.26 Å². The van der Waals surface area contributed by atoms with Gasteiger partial charge in [0.05, 0.1) is 5.52 Å². The van der Waals surface area contributed by atoms with E-state index < -0.39 is 5.91 Å². The Morgan fingerprint density at radius 3 is 2.50 bits per heavy atom. The number of aromatic nitrogens is 1. The number of rotatable bonds is 3. The zero-order valence-electron chi connectivity index (χ0n) is 14.4. The van der Waals surface area contributed by atoms with Crippen LogP contribution in [0.3, 0.4) is 0 Å². The first-order chi connectivity index (χ1) is 12.5. The number of amides is 1. The van der Waals surface area contributed by atoms with Crippen molar-refractivity contribution in [3.05, 3.63) is 75.9 Å². The maximum atomic E-state index is 12.4. The Balaban J connectivity index is 1.93. The van der Waals surface area contributed by atoms with Gasteiger partial charge in [0, 0.05) is 16.6 Å². The molecule has 4 nitrogen and oxygen atoms in total. The molecule has 1 amide bonds. The van der Waals surface area contributed by atoms with E-state index in [1.165, 1.54) is 6.08 Å². The number of hydrogen-bond acceptors (Lipinski definition) is 3. The topological polar surface area (TPSA) is 65.8 Å². The predicted molar refractivity (Wildman–Crippen MR) is 105 cm³/mol. The largest absolute Gasteiger partial charge is 0.321 e. The van der Waals surface area contributed by atoms with Crippen molar-refractivity contribution in [2.75, 3.05) is 5.32 Å². The van der Waals surface area contributed by atoms with Gasteiger partial charge in [-0.3, -0.25) is 4.79 Å². The van der Waals surface area contributed by atoms with Crippen LogP contribution in [-0.4, -0.2) is 10.9 Å². The van der Waals surface area contributed by atoms with Crippen LogP contribution < -0.4 is 5.32 Å². The van der Waals surface area contributed by atoms with E-state index >= 15 is 0 Å². The van der Waals surface area contributed by atoms with Crippen molar-refractivity contribution < 1.29 is 4.79 Å². The van der Waals surface area contributed by atoms with E-state index in [-0.39, 0.29) is 10.7 Å². The van der Waals surface area contributed by atoms with Gasteiger partial charge in [-0.15, -0.1) is 0 Å². The summed E-state index contributed by atoms with van der Waals surface area (Å²) in [6, 6.07) is 16.9. The Bertz CT molecular complexity index is 1060. The fourth-order valence-electron chi connectivity index (χ4n) is 2.51. The van der Waals surface area contributed by atoms with Crippen molar-refractivity contribution >= 4 is 40.2 Å². The first-order valence-electron chi connectivity index (χ1n) is 8.03. The fourth-order valence-corrected chi connectivity index (χ4v) is 2.71. The SMILES string of the molecule is Cc1ccc(NC(=O)/C(C#N)=C/c2cc3ccc(C)cc3nc2Cl)cc1. The zero-order chi connectivity index (χ0) is 18.7. The first kappa shape index (κ1) is 17.7. The second kappa shape index (κ2) is 7.38. The lowest BCUT2D eigenvalue weighted by Crippen LogP contribution is -2.13. The Morgan fingerprint density at radius 2 is 1.81 bits per heavy atom. The van der Waals surface area contributed by atoms with Gasteiger partial charge in [-0.25, -0.2) is 4.98 Å². The number of hydrogen-bond donors (Lipinski definition) is 1. The van der Waals surface area contributed by atoms with Gasteiger partial charge in [0.1, 0.15) is 16.8 Å². The lowest BCUT2D eigenvalue weighted by Gasteiger charge is -2.06. The third-order valence-electron chi connectivity index (χ3n) is 3.93. The lowest BCUT2D eigenvalue weighted by molar-refractivity contribution is -0.112. The summed E-state index contributed by atoms with van der Waals surface area (Å²) in [6.45, 7) is 3.94. The van der Waals surface area contributed by atoms with E-state index in [9.17, 15) is 10.1 Å². The molecular weight excluding hydrogens is 346 g/mol. The zero-order valence-corrected chi connectivity index (χ0v) is 15.1. The van der Waals surface area contributed by atoms with E-state index in [1.54, 1.807) is 12.1 Å². The molecule has 0 atom stereocenters. The molecule has 0 aliphatic heterocycles. The summed E-state index contributed by atoms with van der Waals surface area (Å²) >= 11 is 6.24. The monoisotopic (exact) mass is 361 g/mol. The van der Waals surface area contributed by atoms with Crippen LogP contribution in [0.1, 0.15) is 16.7 Å². The molecular formula is C21H16ClN3O. The molecule has 0 aliphatic rings. The molecule has 5 heteroatoms. The van der Waals surface area contributed by atoms with Crippen molar-refractivity contribution in [2.24, 2.45) is 0 Å². The molecule has 1 N–H and O–H groups in total. The molecule has 128 valence electrons. The quantitative estimate of drug-likeness (QED) is 0.403. The van der Waals surface area contributed by atoms with Crippen molar-refractivity contribution in [1.82, 2.24) is 4.98 Å². The molecule has 0 unspecified atom stereocenters. The summed E-state index contributed by atoms with van der Waals surface area (Å²) in [7, 11) is 0. The van der Waals surface area contributed by atoms with Crippen LogP contribution in [0, 0.1) is 25.2 Å². The van der Waals surface area contributed by atoms with E-state index in [0.29, 0.717) is 11.3 Å². The number of carbonyl (C=O) groups is 1. The highest BCUT2D eigenvalue weighted by Crippen LogP contribution is 2.24. The minimum atomic E-state index is -0.489. The number of halogens is 1. The van der Waals surface area contributed by atoms with Crippen LogP contribution >= 0.6 is 11.6 Å². The molecule has 1 aromatic heterocycles. The van der Waals surface area contributed by atoms with Crippen LogP contribution in [0.2, 0.25) is 5.15 Å². The Kier molecular flexibility index (Phi) is 5.01. The predicted octanol–water partition coefficient (Wildman–Crippen LogP) is 5.05. The van der Waals surface area contributed by atoms with Gasteiger partial charge in [-0.05, 0) is 49.8 Å². The number of nitrogens with one attached hydrogen (secondary N) is 1. The number of anilines is 1. The molecule has 0 radical (unpaired) electrons. The van der Waals surface area contributed by atoms with E-state index in [2.05, 4.69) is 10.3 Å². The van der Waals surface area contributed by atoms with Gasteiger partial charge < -0.3 is 5.32 Å². The van der Waals surface area contributed by atoms with E-state index in [0.717, 1.165) is 22.0 Å². The first-order valence-corrected chi connectivity index (χ1v) is 8.41. The van der Waals surface area contributed by atoms with Crippen LogP contribution in [0.5, 0.6) is 0 Å². The highest BCUT2D eigenvalue weighted by molar-refractivity contribution is 6.31. The summed E-state index contributed by atoms with van der Waals surface area (Å²) in [5.74, 6) is -0.489. The van der Waals surface area contributed by atoms with Crippen molar-refractivity contribution in [3.8, 4) is 6.07 Å². The van der Waals surface area contributed by atoms with Crippen LogP contribution in [0.15, 0.2) is 54.1 Å². The summed E-state index contributed by atoms with van der Waals surface area (Å²) in [5.41, 5.74) is 4.05. The van der Waals surface area contributed by atoms with E-state index in [1.807, 2.05) is 56.3 Å². The van der Waals surface area contributed by atoms with Gasteiger partial charge in [0.15, 0.2) is 0 Å². The molecule has 0 spiro atoms. The molecule has 26 heavy (non-hydrogen) atoms. The van der Waals surface area contributed by atoms with Gasteiger partial charge in [-0.2, -0.15) is 5.26 Å². The molecule has 2 aromatic carbocycles. The molecule has 0 saturated heterocycles. The number of carbonyl (C=O) groups excluding carboxylic acids is 1. The fraction of sp³-hybridized carbons (Fsp3) is 0.0952. The third-order valence-corrected chi connectivity index (χ3v) is 4.23. The minimum absolute atomic E-state index is 0.0410. The van der Waals surface area contributed by atoms with Crippen molar-refractivity contribution in [3.63, 3.8) is 0 Å². The third kappa shape index (κ3) is 3.90. The maximum absolute atomic E-state index is 12.4. The highest BCUT2D eigenvalue weighted by atomic mass is 35.5. The second-order valence-electron chi connectivity index (χ2n) is 6.05. The number of pyridine rings is 1. The summed E-state index contributed by atoms with van der Waals surface area (Å²) in [5, 5.41) is 13.2. The Labute approximate surface area is 156 Å². The van der Waals surface area contributed by atoms with E-state index in [4.69, 9.17) is 11.6 Å². The summed E-state index contributed by atoms with van der Waals surface area (Å²) in [4.78, 5) is 16.7. The average Bonchev–Trinajstić information content (AvgIpc) is 2.61. The van der Waals surface area contributed by atoms with Gasteiger partial charge in [0.25, 0.3) is 5.91 Å². The van der Waals surface area contributed by atoms with Crippen LogP contribution in [0.4, 0.5) is 5.69 Å². The van der Waals surface area contributed by atoms with Crippen LogP contribution in [-0.2, 0) is 4.79 Å². The molecule has 0 bridgehead atoms. The Hall–Kier alpha value is -3.16. The number of nitriles is 1. The molecule has 0 fully saturated rings. The molecule has 1 heterocycles. The van der Waals surface area contributed by atoms with Gasteiger partial charge in [-0.1, -0.05) is 41.4 Å². The van der Waals surface area contributed by atoms with Crippen molar-refractivity contribution in [2.45, 2.75) is 13.8 Å². The van der Waals surface area contributed by atoms with Gasteiger partial charge in [0.2, 0.25) is 0 Å².